The van der Waals surface area contributed by atoms with Crippen LogP contribution in [-0.4, -0.2) is 22.6 Å². The van der Waals surface area contributed by atoms with Crippen LogP contribution in [0.5, 0.6) is 0 Å². The van der Waals surface area contributed by atoms with Crippen LogP contribution in [0.4, 0.5) is 0 Å². The number of carbonyl (C=O) groups excluding carboxylic acids is 1. The van der Waals surface area contributed by atoms with Gasteiger partial charge in [-0.25, -0.2) is 0 Å². The lowest BCUT2D eigenvalue weighted by molar-refractivity contribution is 0.0947. The Balaban J connectivity index is 2.46. The molecule has 0 aliphatic rings. The second-order valence-electron chi connectivity index (χ2n) is 4.46. The second-order valence-corrected chi connectivity index (χ2v) is 4.46. The van der Waals surface area contributed by atoms with Crippen molar-refractivity contribution in [2.75, 3.05) is 6.54 Å². The summed E-state index contributed by atoms with van der Waals surface area (Å²) in [6.45, 7) is 6.95. The van der Waals surface area contributed by atoms with E-state index in [1.165, 1.54) is 0 Å². The van der Waals surface area contributed by atoms with E-state index in [0.717, 1.165) is 25.0 Å². The predicted octanol–water partition coefficient (Wildman–Crippen LogP) is 2.52. The molecule has 0 radical (unpaired) electrons. The van der Waals surface area contributed by atoms with Crippen LogP contribution in [0.2, 0.25) is 0 Å². The standard InChI is InChI=1S/C13H21N3O/c1-4-5-6-9-14-13(17)12-8-7-11(10(2)3)15-16-12/h7-8,10H,4-6,9H2,1-3H3,(H,14,17). The number of carbonyl (C=O) groups is 1. The fourth-order valence-electron chi connectivity index (χ4n) is 1.44. The predicted molar refractivity (Wildman–Crippen MR) is 68.0 cm³/mol. The van der Waals surface area contributed by atoms with E-state index in [1.807, 2.05) is 6.07 Å². The van der Waals surface area contributed by atoms with Crippen LogP contribution >= 0.6 is 0 Å². The van der Waals surface area contributed by atoms with Crippen LogP contribution in [0.25, 0.3) is 0 Å². The summed E-state index contributed by atoms with van der Waals surface area (Å²) in [7, 11) is 0. The highest BCUT2D eigenvalue weighted by Crippen LogP contribution is 2.09. The molecule has 4 nitrogen and oxygen atoms in total. The number of amides is 1. The van der Waals surface area contributed by atoms with E-state index in [-0.39, 0.29) is 5.91 Å². The molecule has 1 aromatic rings. The molecule has 0 unspecified atom stereocenters. The molecule has 4 heteroatoms. The van der Waals surface area contributed by atoms with Crippen molar-refractivity contribution in [2.45, 2.75) is 46.0 Å². The fourth-order valence-corrected chi connectivity index (χ4v) is 1.44. The first-order valence-electron chi connectivity index (χ1n) is 6.27. The van der Waals surface area contributed by atoms with Gasteiger partial charge in [-0.05, 0) is 24.5 Å². The van der Waals surface area contributed by atoms with Crippen molar-refractivity contribution in [3.8, 4) is 0 Å². The number of hydrogen-bond donors (Lipinski definition) is 1. The third kappa shape index (κ3) is 4.51. The molecule has 0 aliphatic carbocycles. The molecule has 0 spiro atoms. The highest BCUT2D eigenvalue weighted by Gasteiger charge is 2.08. The molecule has 1 rings (SSSR count). The zero-order valence-corrected chi connectivity index (χ0v) is 10.9. The largest absolute Gasteiger partial charge is 0.351 e. The Kier molecular flexibility index (Phi) is 5.60. The molecule has 1 N–H and O–H groups in total. The van der Waals surface area contributed by atoms with Gasteiger partial charge in [0, 0.05) is 6.54 Å². The van der Waals surface area contributed by atoms with Crippen LogP contribution in [0.3, 0.4) is 0 Å². The lowest BCUT2D eigenvalue weighted by atomic mass is 10.1. The minimum Gasteiger partial charge on any atom is -0.351 e. The fraction of sp³-hybridized carbons (Fsp3) is 0.615. The normalized spacial score (nSPS) is 10.6. The molecule has 0 aromatic carbocycles. The summed E-state index contributed by atoms with van der Waals surface area (Å²) in [6.07, 6.45) is 3.30. The van der Waals surface area contributed by atoms with Crippen LogP contribution in [0.1, 0.15) is 62.1 Å². The first-order chi connectivity index (χ1) is 8.15. The van der Waals surface area contributed by atoms with E-state index in [4.69, 9.17) is 0 Å². The van der Waals surface area contributed by atoms with E-state index in [1.54, 1.807) is 6.07 Å². The Morgan fingerprint density at radius 1 is 1.29 bits per heavy atom. The van der Waals surface area contributed by atoms with E-state index < -0.39 is 0 Å². The molecule has 94 valence electrons. The molecule has 0 saturated carbocycles. The van der Waals surface area contributed by atoms with E-state index in [2.05, 4.69) is 36.3 Å². The van der Waals surface area contributed by atoms with Gasteiger partial charge in [-0.2, -0.15) is 5.10 Å². The number of unbranched alkanes of at least 4 members (excludes halogenated alkanes) is 2. The molecule has 0 saturated heterocycles. The summed E-state index contributed by atoms with van der Waals surface area (Å²) in [5.41, 5.74) is 1.30. The smallest absolute Gasteiger partial charge is 0.271 e. The van der Waals surface area contributed by atoms with Crippen molar-refractivity contribution < 1.29 is 4.79 Å². The molecule has 1 amide bonds. The molecule has 0 bridgehead atoms. The molecular weight excluding hydrogens is 214 g/mol. The van der Waals surface area contributed by atoms with E-state index in [9.17, 15) is 4.79 Å². The summed E-state index contributed by atoms with van der Waals surface area (Å²) >= 11 is 0. The van der Waals surface area contributed by atoms with Gasteiger partial charge in [-0.1, -0.05) is 33.6 Å². The van der Waals surface area contributed by atoms with Crippen LogP contribution in [0.15, 0.2) is 12.1 Å². The number of rotatable bonds is 6. The molecule has 1 aromatic heterocycles. The maximum Gasteiger partial charge on any atom is 0.271 e. The SMILES string of the molecule is CCCCCNC(=O)c1ccc(C(C)C)nn1. The first kappa shape index (κ1) is 13.6. The van der Waals surface area contributed by atoms with Gasteiger partial charge >= 0.3 is 0 Å². The minimum atomic E-state index is -0.135. The third-order valence-corrected chi connectivity index (χ3v) is 2.58. The number of aromatic nitrogens is 2. The Morgan fingerprint density at radius 3 is 2.59 bits per heavy atom. The van der Waals surface area contributed by atoms with Crippen molar-refractivity contribution >= 4 is 5.91 Å². The van der Waals surface area contributed by atoms with Gasteiger partial charge in [0.1, 0.15) is 0 Å². The minimum absolute atomic E-state index is 0.135. The van der Waals surface area contributed by atoms with Gasteiger partial charge in [0.2, 0.25) is 0 Å². The van der Waals surface area contributed by atoms with Crippen molar-refractivity contribution in [2.24, 2.45) is 0 Å². The quantitative estimate of drug-likeness (QED) is 0.771. The lowest BCUT2D eigenvalue weighted by Gasteiger charge is -2.05. The third-order valence-electron chi connectivity index (χ3n) is 2.58. The zero-order chi connectivity index (χ0) is 12.7. The summed E-state index contributed by atoms with van der Waals surface area (Å²) in [5, 5.41) is 10.8. The molecule has 0 fully saturated rings. The van der Waals surface area contributed by atoms with Crippen LogP contribution < -0.4 is 5.32 Å². The molecule has 0 aliphatic heterocycles. The molecule has 0 atom stereocenters. The second kappa shape index (κ2) is 6.99. The van der Waals surface area contributed by atoms with Crippen molar-refractivity contribution in [3.63, 3.8) is 0 Å². The van der Waals surface area contributed by atoms with Gasteiger partial charge in [-0.3, -0.25) is 4.79 Å². The van der Waals surface area contributed by atoms with E-state index in [0.29, 0.717) is 18.2 Å². The summed E-state index contributed by atoms with van der Waals surface area (Å²) in [6, 6.07) is 3.59. The molecular formula is C13H21N3O. The highest BCUT2D eigenvalue weighted by molar-refractivity contribution is 5.91. The van der Waals surface area contributed by atoms with Crippen molar-refractivity contribution in [1.82, 2.24) is 15.5 Å². The van der Waals surface area contributed by atoms with Crippen molar-refractivity contribution in [1.29, 1.82) is 0 Å². The van der Waals surface area contributed by atoms with Gasteiger partial charge in [0.15, 0.2) is 5.69 Å². The maximum atomic E-state index is 11.7. The first-order valence-corrected chi connectivity index (χ1v) is 6.27. The lowest BCUT2D eigenvalue weighted by Crippen LogP contribution is -2.25. The highest BCUT2D eigenvalue weighted by atomic mass is 16.1. The van der Waals surface area contributed by atoms with Gasteiger partial charge < -0.3 is 5.32 Å². The topological polar surface area (TPSA) is 54.9 Å². The Hall–Kier alpha value is -1.45. The maximum absolute atomic E-state index is 11.7. The average Bonchev–Trinajstić information content (AvgIpc) is 2.34. The molecule has 1 heterocycles. The summed E-state index contributed by atoms with van der Waals surface area (Å²) < 4.78 is 0. The van der Waals surface area contributed by atoms with Crippen LogP contribution in [-0.2, 0) is 0 Å². The summed E-state index contributed by atoms with van der Waals surface area (Å²) in [4.78, 5) is 11.7. The van der Waals surface area contributed by atoms with Crippen molar-refractivity contribution in [3.05, 3.63) is 23.5 Å². The van der Waals surface area contributed by atoms with Crippen LogP contribution in [0, 0.1) is 0 Å². The number of nitrogens with one attached hydrogen (secondary N) is 1. The number of nitrogens with zero attached hydrogens (tertiary/aromatic N) is 2. The van der Waals surface area contributed by atoms with E-state index >= 15 is 0 Å². The molecule has 17 heavy (non-hydrogen) atoms. The van der Waals surface area contributed by atoms with Gasteiger partial charge in [-0.15, -0.1) is 5.10 Å². The Bertz CT molecular complexity index is 346. The monoisotopic (exact) mass is 235 g/mol. The number of hydrogen-bond acceptors (Lipinski definition) is 3. The zero-order valence-electron chi connectivity index (χ0n) is 10.9. The summed E-state index contributed by atoms with van der Waals surface area (Å²) in [5.74, 6) is 0.202. The Morgan fingerprint density at radius 2 is 2.06 bits per heavy atom. The average molecular weight is 235 g/mol. The van der Waals surface area contributed by atoms with Gasteiger partial charge in [0.25, 0.3) is 5.91 Å². The van der Waals surface area contributed by atoms with Gasteiger partial charge in [0.05, 0.1) is 5.69 Å². The Labute approximate surface area is 103 Å².